The zero-order chi connectivity index (χ0) is 20.5. The molecule has 2 heterocycles. The summed E-state index contributed by atoms with van der Waals surface area (Å²) in [6, 6.07) is 0. The van der Waals surface area contributed by atoms with Crippen LogP contribution >= 0.6 is 11.6 Å². The molecule has 27 heavy (non-hydrogen) atoms. The SMILES string of the molecule is CN(CCO)c1cnc(C=O)cn1.CNCCO.O=Cc1cnc(Cl)cn1. The number of nitrogens with zero attached hydrogens (tertiary/aromatic N) is 5. The Morgan fingerprint density at radius 1 is 1.00 bits per heavy atom. The van der Waals surface area contributed by atoms with Gasteiger partial charge in [0.2, 0.25) is 0 Å². The van der Waals surface area contributed by atoms with E-state index in [0.29, 0.717) is 48.0 Å². The van der Waals surface area contributed by atoms with Crippen molar-refractivity contribution in [3.05, 3.63) is 41.3 Å². The first kappa shape index (κ1) is 24.5. The molecule has 0 spiro atoms. The monoisotopic (exact) mass is 398 g/mol. The number of nitrogens with one attached hydrogen (secondary N) is 1. The number of hydrogen-bond acceptors (Lipinski definition) is 10. The summed E-state index contributed by atoms with van der Waals surface area (Å²) in [5.41, 5.74) is 0.598. The first-order valence-electron chi connectivity index (χ1n) is 7.79. The number of rotatable bonds is 7. The van der Waals surface area contributed by atoms with Crippen molar-refractivity contribution in [3.8, 4) is 0 Å². The van der Waals surface area contributed by atoms with Crippen molar-refractivity contribution < 1.29 is 19.8 Å². The molecule has 0 saturated heterocycles. The second kappa shape index (κ2) is 15.7. The molecule has 0 aliphatic heterocycles. The normalized spacial score (nSPS) is 9.22. The van der Waals surface area contributed by atoms with Gasteiger partial charge in [-0.25, -0.2) is 19.9 Å². The lowest BCUT2D eigenvalue weighted by atomic mass is 10.5. The average molecular weight is 399 g/mol. The van der Waals surface area contributed by atoms with Gasteiger partial charge in [-0.2, -0.15) is 0 Å². The molecule has 0 bridgehead atoms. The second-order valence-corrected chi connectivity index (χ2v) is 5.16. The number of anilines is 1. The molecule has 11 heteroatoms. The largest absolute Gasteiger partial charge is 0.395 e. The summed E-state index contributed by atoms with van der Waals surface area (Å²) in [7, 11) is 3.59. The molecule has 0 aliphatic carbocycles. The van der Waals surface area contributed by atoms with Gasteiger partial charge >= 0.3 is 0 Å². The van der Waals surface area contributed by atoms with Crippen LogP contribution < -0.4 is 10.2 Å². The molecule has 0 fully saturated rings. The van der Waals surface area contributed by atoms with Crippen LogP contribution in [0.15, 0.2) is 24.8 Å². The summed E-state index contributed by atoms with van der Waals surface area (Å²) in [6.45, 7) is 1.49. The third-order valence-electron chi connectivity index (χ3n) is 2.73. The first-order chi connectivity index (χ1) is 13.0. The lowest BCUT2D eigenvalue weighted by Crippen LogP contribution is -2.22. The quantitative estimate of drug-likeness (QED) is 0.539. The lowest BCUT2D eigenvalue weighted by Gasteiger charge is -2.15. The van der Waals surface area contributed by atoms with Gasteiger partial charge < -0.3 is 20.4 Å². The van der Waals surface area contributed by atoms with E-state index in [0.717, 1.165) is 0 Å². The van der Waals surface area contributed by atoms with Crippen molar-refractivity contribution in [2.24, 2.45) is 0 Å². The Morgan fingerprint density at radius 2 is 1.59 bits per heavy atom. The maximum Gasteiger partial charge on any atom is 0.170 e. The van der Waals surface area contributed by atoms with E-state index in [9.17, 15) is 9.59 Å². The molecule has 0 aliphatic rings. The third kappa shape index (κ3) is 11.7. The van der Waals surface area contributed by atoms with Gasteiger partial charge in [0.05, 0.1) is 38.0 Å². The molecule has 2 aromatic rings. The zero-order valence-corrected chi connectivity index (χ0v) is 15.9. The highest BCUT2D eigenvalue weighted by molar-refractivity contribution is 6.29. The van der Waals surface area contributed by atoms with Crippen LogP contribution in [-0.2, 0) is 0 Å². The van der Waals surface area contributed by atoms with Crippen LogP contribution in [-0.4, -0.2) is 83.1 Å². The standard InChI is InChI=1S/C8H11N3O2.C5H3ClN2O.C3H9NO/c1-11(2-3-12)8-5-9-7(6-13)4-10-8;6-5-2-7-4(3-9)1-8-5;1-4-2-3-5/h4-6,12H,2-3H2,1H3;1-3H;4-5H,2-3H2,1H3. The molecular formula is C16H23ClN6O4. The minimum Gasteiger partial charge on any atom is -0.395 e. The van der Waals surface area contributed by atoms with Gasteiger partial charge in [0, 0.05) is 20.1 Å². The summed E-state index contributed by atoms with van der Waals surface area (Å²) in [5.74, 6) is 0.639. The minimum atomic E-state index is 0.0631. The smallest absolute Gasteiger partial charge is 0.170 e. The first-order valence-corrected chi connectivity index (χ1v) is 8.17. The van der Waals surface area contributed by atoms with Crippen molar-refractivity contribution in [1.82, 2.24) is 25.3 Å². The Bertz CT molecular complexity index is 640. The fourth-order valence-electron chi connectivity index (χ4n) is 1.35. The van der Waals surface area contributed by atoms with E-state index < -0.39 is 0 Å². The third-order valence-corrected chi connectivity index (χ3v) is 2.92. The fraction of sp³-hybridized carbons (Fsp3) is 0.375. The van der Waals surface area contributed by atoms with E-state index in [1.807, 2.05) is 0 Å². The summed E-state index contributed by atoms with van der Waals surface area (Å²) in [4.78, 5) is 37.1. The van der Waals surface area contributed by atoms with Gasteiger partial charge in [0.25, 0.3) is 0 Å². The van der Waals surface area contributed by atoms with Crippen LogP contribution in [0.3, 0.4) is 0 Å². The molecule has 3 N–H and O–H groups in total. The molecular weight excluding hydrogens is 376 g/mol. The predicted octanol–water partition coefficient (Wildman–Crippen LogP) is -0.142. The average Bonchev–Trinajstić information content (AvgIpc) is 2.70. The van der Waals surface area contributed by atoms with Crippen LogP contribution in [0.2, 0.25) is 5.15 Å². The Balaban J connectivity index is 0.000000419. The van der Waals surface area contributed by atoms with E-state index in [4.69, 9.17) is 21.8 Å². The maximum atomic E-state index is 10.3. The van der Waals surface area contributed by atoms with Crippen LogP contribution in [0.1, 0.15) is 21.0 Å². The van der Waals surface area contributed by atoms with Crippen molar-refractivity contribution in [2.45, 2.75) is 0 Å². The second-order valence-electron chi connectivity index (χ2n) is 4.77. The van der Waals surface area contributed by atoms with Crippen molar-refractivity contribution in [3.63, 3.8) is 0 Å². The maximum absolute atomic E-state index is 10.3. The number of aliphatic hydroxyl groups excluding tert-OH is 2. The molecule has 0 unspecified atom stereocenters. The van der Waals surface area contributed by atoms with Gasteiger partial charge in [-0.15, -0.1) is 0 Å². The van der Waals surface area contributed by atoms with Gasteiger partial charge in [0.1, 0.15) is 22.4 Å². The number of likely N-dealkylation sites (N-methyl/N-ethyl adjacent to an activating group) is 2. The molecule has 0 atom stereocenters. The lowest BCUT2D eigenvalue weighted by molar-refractivity contribution is 0.111. The topological polar surface area (TPSA) is 141 Å². The Morgan fingerprint density at radius 3 is 1.93 bits per heavy atom. The number of hydrogen-bond donors (Lipinski definition) is 3. The number of aromatic nitrogens is 4. The van der Waals surface area contributed by atoms with E-state index in [1.165, 1.54) is 24.8 Å². The molecule has 148 valence electrons. The van der Waals surface area contributed by atoms with Crippen molar-refractivity contribution in [1.29, 1.82) is 0 Å². The van der Waals surface area contributed by atoms with E-state index >= 15 is 0 Å². The van der Waals surface area contributed by atoms with Crippen LogP contribution in [0.4, 0.5) is 5.82 Å². The molecule has 0 saturated carbocycles. The summed E-state index contributed by atoms with van der Waals surface area (Å²) < 4.78 is 0. The van der Waals surface area contributed by atoms with Crippen LogP contribution in [0.5, 0.6) is 0 Å². The Labute approximate surface area is 162 Å². The van der Waals surface area contributed by atoms with Crippen molar-refractivity contribution >= 4 is 30.0 Å². The van der Waals surface area contributed by atoms with Crippen LogP contribution in [0, 0.1) is 0 Å². The summed E-state index contributed by atoms with van der Waals surface area (Å²) in [6.07, 6.45) is 6.79. The van der Waals surface area contributed by atoms with E-state index in [-0.39, 0.29) is 13.2 Å². The summed E-state index contributed by atoms with van der Waals surface area (Å²) in [5, 5.41) is 19.7. The highest BCUT2D eigenvalue weighted by Gasteiger charge is 2.01. The van der Waals surface area contributed by atoms with Gasteiger partial charge in [-0.05, 0) is 7.05 Å². The van der Waals surface area contributed by atoms with Crippen LogP contribution in [0.25, 0.3) is 0 Å². The Hall–Kier alpha value is -2.53. The number of aldehydes is 2. The molecule has 0 amide bonds. The molecule has 0 radical (unpaired) electrons. The molecule has 0 aromatic carbocycles. The fourth-order valence-corrected chi connectivity index (χ4v) is 1.45. The van der Waals surface area contributed by atoms with Crippen molar-refractivity contribution in [2.75, 3.05) is 45.3 Å². The number of carbonyl (C=O) groups excluding carboxylic acids is 2. The van der Waals surface area contributed by atoms with E-state index in [2.05, 4.69) is 25.3 Å². The van der Waals surface area contributed by atoms with E-state index in [1.54, 1.807) is 19.0 Å². The minimum absolute atomic E-state index is 0.0631. The number of aliphatic hydroxyl groups is 2. The molecule has 10 nitrogen and oxygen atoms in total. The highest BCUT2D eigenvalue weighted by atomic mass is 35.5. The Kier molecular flexibility index (Phi) is 14.2. The predicted molar refractivity (Wildman–Crippen MR) is 101 cm³/mol. The molecule has 2 aromatic heterocycles. The van der Waals surface area contributed by atoms with Gasteiger partial charge in [0.15, 0.2) is 12.6 Å². The highest BCUT2D eigenvalue weighted by Crippen LogP contribution is 2.04. The number of halogens is 1. The zero-order valence-electron chi connectivity index (χ0n) is 15.1. The molecule has 2 rings (SSSR count). The number of carbonyl (C=O) groups is 2. The van der Waals surface area contributed by atoms with Gasteiger partial charge in [-0.1, -0.05) is 11.6 Å². The summed E-state index contributed by atoms with van der Waals surface area (Å²) >= 11 is 5.38. The van der Waals surface area contributed by atoms with Gasteiger partial charge in [-0.3, -0.25) is 9.59 Å².